The van der Waals surface area contributed by atoms with Crippen LogP contribution in [-0.4, -0.2) is 18.2 Å². The number of benzene rings is 1. The minimum absolute atomic E-state index is 0.602. The van der Waals surface area contributed by atoms with Crippen LogP contribution < -0.4 is 5.32 Å². The van der Waals surface area contributed by atoms with Crippen LogP contribution in [0, 0.1) is 0 Å². The Labute approximate surface area is 103 Å². The molecule has 0 amide bonds. The maximum Gasteiger partial charge on any atom is 0.431 e. The molecule has 0 saturated heterocycles. The van der Waals surface area contributed by atoms with Gasteiger partial charge in [-0.15, -0.1) is 0 Å². The number of nitrogens with one attached hydrogen (secondary N) is 1. The van der Waals surface area contributed by atoms with E-state index in [9.17, 15) is 13.2 Å². The molecule has 0 aliphatic carbocycles. The molecule has 1 aromatic heterocycles. The van der Waals surface area contributed by atoms with Crippen molar-refractivity contribution in [3.8, 4) is 0 Å². The van der Waals surface area contributed by atoms with Gasteiger partial charge in [0.1, 0.15) is 5.69 Å². The third kappa shape index (κ3) is 2.22. The average Bonchev–Trinajstić information content (AvgIpc) is 2.65. The monoisotopic (exact) mass is 256 g/mol. The molecule has 0 saturated carbocycles. The van der Waals surface area contributed by atoms with Crippen molar-refractivity contribution in [3.05, 3.63) is 35.5 Å². The summed E-state index contributed by atoms with van der Waals surface area (Å²) in [4.78, 5) is 0. The van der Waals surface area contributed by atoms with Gasteiger partial charge in [-0.25, -0.2) is 0 Å². The van der Waals surface area contributed by atoms with Gasteiger partial charge in [0, 0.05) is 12.4 Å². The summed E-state index contributed by atoms with van der Waals surface area (Å²) in [6.07, 6.45) is -3.60. The molecule has 1 heterocycles. The number of hydrogen-bond acceptors (Lipinski definition) is 1. The molecule has 0 atom stereocenters. The van der Waals surface area contributed by atoms with Crippen LogP contribution >= 0.6 is 0 Å². The minimum Gasteiger partial charge on any atom is -0.340 e. The molecule has 0 fully saturated rings. The van der Waals surface area contributed by atoms with Gasteiger partial charge in [-0.3, -0.25) is 0 Å². The smallest absolute Gasteiger partial charge is 0.340 e. The highest BCUT2D eigenvalue weighted by Gasteiger charge is 2.34. The van der Waals surface area contributed by atoms with E-state index in [2.05, 4.69) is 5.32 Å². The first-order chi connectivity index (χ1) is 8.45. The van der Waals surface area contributed by atoms with Crippen LogP contribution in [0.3, 0.4) is 0 Å². The van der Waals surface area contributed by atoms with Gasteiger partial charge in [0.05, 0.1) is 5.52 Å². The van der Waals surface area contributed by atoms with Crippen molar-refractivity contribution >= 4 is 10.9 Å². The van der Waals surface area contributed by atoms with Gasteiger partial charge < -0.3 is 9.88 Å². The average molecular weight is 256 g/mol. The Kier molecular flexibility index (Phi) is 3.34. The van der Waals surface area contributed by atoms with E-state index in [1.165, 1.54) is 17.7 Å². The van der Waals surface area contributed by atoms with E-state index in [-0.39, 0.29) is 0 Å². The van der Waals surface area contributed by atoms with Crippen LogP contribution in [0.4, 0.5) is 13.2 Å². The number of rotatable bonds is 3. The molecular formula is C13H15F3N2. The molecule has 5 heteroatoms. The Morgan fingerprint density at radius 2 is 2.00 bits per heavy atom. The van der Waals surface area contributed by atoms with Gasteiger partial charge in [-0.1, -0.05) is 18.2 Å². The lowest BCUT2D eigenvalue weighted by atomic mass is 10.1. The standard InChI is InChI=1S/C13H15F3N2/c1-17-7-6-9-4-3-5-10-8-11(13(14,15)16)18(2)12(9)10/h3-5,8,17H,6-7H2,1-2H3. The summed E-state index contributed by atoms with van der Waals surface area (Å²) in [6, 6.07) is 6.60. The lowest BCUT2D eigenvalue weighted by Crippen LogP contribution is -2.13. The maximum absolute atomic E-state index is 12.8. The van der Waals surface area contributed by atoms with Crippen LogP contribution in [0.1, 0.15) is 11.3 Å². The summed E-state index contributed by atoms with van der Waals surface area (Å²) in [5.41, 5.74) is 0.995. The third-order valence-corrected chi connectivity index (χ3v) is 3.07. The fourth-order valence-electron chi connectivity index (χ4n) is 2.23. The fraction of sp³-hybridized carbons (Fsp3) is 0.385. The summed E-state index contributed by atoms with van der Waals surface area (Å²) in [5.74, 6) is 0. The number of hydrogen-bond donors (Lipinski definition) is 1. The summed E-state index contributed by atoms with van der Waals surface area (Å²) >= 11 is 0. The molecule has 2 aromatic rings. The normalized spacial score (nSPS) is 12.3. The van der Waals surface area contributed by atoms with Crippen LogP contribution in [-0.2, 0) is 19.6 Å². The highest BCUT2D eigenvalue weighted by molar-refractivity contribution is 5.84. The number of aromatic nitrogens is 1. The van der Waals surface area contributed by atoms with E-state index >= 15 is 0 Å². The van der Waals surface area contributed by atoms with Gasteiger partial charge in [-0.05, 0) is 31.6 Å². The van der Waals surface area contributed by atoms with Crippen molar-refractivity contribution in [2.24, 2.45) is 7.05 Å². The molecule has 0 aliphatic heterocycles. The Balaban J connectivity index is 2.59. The second-order valence-electron chi connectivity index (χ2n) is 4.29. The van der Waals surface area contributed by atoms with E-state index in [1.54, 1.807) is 12.1 Å². The van der Waals surface area contributed by atoms with E-state index in [4.69, 9.17) is 0 Å². The number of alkyl halides is 3. The molecule has 0 aliphatic rings. The van der Waals surface area contributed by atoms with Gasteiger partial charge in [-0.2, -0.15) is 13.2 Å². The van der Waals surface area contributed by atoms with E-state index in [0.717, 1.165) is 12.1 Å². The predicted octanol–water partition coefficient (Wildman–Crippen LogP) is 2.96. The van der Waals surface area contributed by atoms with E-state index in [0.29, 0.717) is 17.3 Å². The topological polar surface area (TPSA) is 17.0 Å². The molecule has 1 N–H and O–H groups in total. The number of likely N-dealkylation sites (N-methyl/N-ethyl adjacent to an activating group) is 1. The first-order valence-electron chi connectivity index (χ1n) is 5.74. The van der Waals surface area contributed by atoms with Gasteiger partial charge >= 0.3 is 6.18 Å². The number of nitrogens with zero attached hydrogens (tertiary/aromatic N) is 1. The lowest BCUT2D eigenvalue weighted by molar-refractivity contribution is -0.142. The fourth-order valence-corrected chi connectivity index (χ4v) is 2.23. The van der Waals surface area contributed by atoms with Crippen molar-refractivity contribution in [2.45, 2.75) is 12.6 Å². The molecule has 2 rings (SSSR count). The molecule has 18 heavy (non-hydrogen) atoms. The Hall–Kier alpha value is -1.49. The number of fused-ring (bicyclic) bond motifs is 1. The molecule has 98 valence electrons. The summed E-state index contributed by atoms with van der Waals surface area (Å²) in [5, 5.41) is 3.64. The lowest BCUT2D eigenvalue weighted by Gasteiger charge is -2.10. The van der Waals surface area contributed by atoms with Gasteiger partial charge in [0.2, 0.25) is 0 Å². The highest BCUT2D eigenvalue weighted by atomic mass is 19.4. The van der Waals surface area contributed by atoms with Crippen LogP contribution in [0.25, 0.3) is 10.9 Å². The minimum atomic E-state index is -4.31. The largest absolute Gasteiger partial charge is 0.431 e. The number of aryl methyl sites for hydroxylation is 1. The van der Waals surface area contributed by atoms with Crippen molar-refractivity contribution < 1.29 is 13.2 Å². The van der Waals surface area contributed by atoms with Crippen molar-refractivity contribution in [3.63, 3.8) is 0 Å². The molecule has 2 nitrogen and oxygen atoms in total. The van der Waals surface area contributed by atoms with Gasteiger partial charge in [0.15, 0.2) is 0 Å². The number of para-hydroxylation sites is 1. The van der Waals surface area contributed by atoms with Crippen molar-refractivity contribution in [1.82, 2.24) is 9.88 Å². The van der Waals surface area contributed by atoms with E-state index in [1.807, 2.05) is 13.1 Å². The zero-order valence-electron chi connectivity index (χ0n) is 10.3. The summed E-state index contributed by atoms with van der Waals surface area (Å²) < 4.78 is 39.7. The van der Waals surface area contributed by atoms with Crippen LogP contribution in [0.15, 0.2) is 24.3 Å². The molecule has 0 spiro atoms. The van der Waals surface area contributed by atoms with Crippen LogP contribution in [0.5, 0.6) is 0 Å². The number of halogens is 3. The molecule has 0 unspecified atom stereocenters. The van der Waals surface area contributed by atoms with Gasteiger partial charge in [0.25, 0.3) is 0 Å². The predicted molar refractivity (Wildman–Crippen MR) is 65.6 cm³/mol. The maximum atomic E-state index is 12.8. The molecule has 0 bridgehead atoms. The zero-order chi connectivity index (χ0) is 13.3. The quantitative estimate of drug-likeness (QED) is 0.893. The second-order valence-corrected chi connectivity index (χ2v) is 4.29. The first kappa shape index (κ1) is 13.0. The Morgan fingerprint density at radius 3 is 2.61 bits per heavy atom. The van der Waals surface area contributed by atoms with Crippen LogP contribution in [0.2, 0.25) is 0 Å². The SMILES string of the molecule is CNCCc1cccc2cc(C(F)(F)F)n(C)c12. The summed E-state index contributed by atoms with van der Waals surface area (Å²) in [7, 11) is 3.29. The summed E-state index contributed by atoms with van der Waals surface area (Å²) in [6.45, 7) is 0.742. The molecular weight excluding hydrogens is 241 g/mol. The Bertz CT molecular complexity index is 555. The second kappa shape index (κ2) is 4.65. The third-order valence-electron chi connectivity index (χ3n) is 3.07. The Morgan fingerprint density at radius 1 is 1.28 bits per heavy atom. The zero-order valence-corrected chi connectivity index (χ0v) is 10.3. The van der Waals surface area contributed by atoms with Crippen molar-refractivity contribution in [1.29, 1.82) is 0 Å². The van der Waals surface area contributed by atoms with Crippen molar-refractivity contribution in [2.75, 3.05) is 13.6 Å². The molecule has 1 aromatic carbocycles. The highest BCUT2D eigenvalue weighted by Crippen LogP contribution is 2.34. The first-order valence-corrected chi connectivity index (χ1v) is 5.74. The van der Waals surface area contributed by atoms with E-state index < -0.39 is 11.9 Å². The molecule has 0 radical (unpaired) electrons.